The maximum atomic E-state index is 14.8. The number of benzene rings is 1. The minimum atomic E-state index is -4.78. The van der Waals surface area contributed by atoms with Crippen LogP contribution in [0.25, 0.3) is 28.1 Å². The Morgan fingerprint density at radius 2 is 1.92 bits per heavy atom. The van der Waals surface area contributed by atoms with E-state index in [2.05, 4.69) is 20.5 Å². The lowest BCUT2D eigenvalue weighted by molar-refractivity contribution is -0.188. The van der Waals surface area contributed by atoms with Gasteiger partial charge in [0.25, 0.3) is 0 Å². The third-order valence-electron chi connectivity index (χ3n) is 6.49. The van der Waals surface area contributed by atoms with Gasteiger partial charge in [0.2, 0.25) is 0 Å². The van der Waals surface area contributed by atoms with Crippen LogP contribution in [0.4, 0.5) is 18.0 Å². The van der Waals surface area contributed by atoms with Crippen molar-refractivity contribution >= 4 is 22.6 Å². The molecule has 1 aliphatic rings. The topological polar surface area (TPSA) is 93.9 Å². The number of ether oxygens (including phenoxy) is 2. The van der Waals surface area contributed by atoms with Crippen molar-refractivity contribution in [1.29, 1.82) is 0 Å². The smallest absolute Gasteiger partial charge is 0.413 e. The van der Waals surface area contributed by atoms with E-state index < -0.39 is 30.0 Å². The van der Waals surface area contributed by atoms with Gasteiger partial charge in [-0.05, 0) is 51.9 Å². The van der Waals surface area contributed by atoms with E-state index >= 15 is 0 Å². The molecule has 1 unspecified atom stereocenters. The van der Waals surface area contributed by atoms with E-state index in [0.717, 1.165) is 10.3 Å². The van der Waals surface area contributed by atoms with E-state index in [4.69, 9.17) is 9.47 Å². The van der Waals surface area contributed by atoms with E-state index in [-0.39, 0.29) is 17.9 Å². The van der Waals surface area contributed by atoms with Gasteiger partial charge >= 0.3 is 12.3 Å². The molecule has 1 aromatic carbocycles. The molecule has 1 fully saturated rings. The van der Waals surface area contributed by atoms with Gasteiger partial charge < -0.3 is 14.8 Å². The number of para-hydroxylation sites is 1. The van der Waals surface area contributed by atoms with Crippen LogP contribution in [0.2, 0.25) is 0 Å². The van der Waals surface area contributed by atoms with Crippen molar-refractivity contribution < 1.29 is 27.4 Å². The summed E-state index contributed by atoms with van der Waals surface area (Å²) in [5.41, 5.74) is 0.217. The van der Waals surface area contributed by atoms with Crippen LogP contribution in [0, 0.1) is 0 Å². The lowest BCUT2D eigenvalue weighted by Crippen LogP contribution is -2.50. The second-order valence-electron chi connectivity index (χ2n) is 10.4. The lowest BCUT2D eigenvalue weighted by Gasteiger charge is -2.38. The molecule has 0 spiro atoms. The van der Waals surface area contributed by atoms with Crippen molar-refractivity contribution in [2.45, 2.75) is 51.1 Å². The summed E-state index contributed by atoms with van der Waals surface area (Å²) in [6.07, 6.45) is -4.12. The summed E-state index contributed by atoms with van der Waals surface area (Å²) in [5, 5.41) is 12.2. The monoisotopic (exact) mass is 542 g/mol. The fourth-order valence-electron chi connectivity index (χ4n) is 4.82. The van der Waals surface area contributed by atoms with E-state index in [1.165, 1.54) is 29.8 Å². The predicted octanol–water partition coefficient (Wildman–Crippen LogP) is 5.16. The number of carbonyl (C=O) groups excluding carboxylic acids is 1. The van der Waals surface area contributed by atoms with Crippen molar-refractivity contribution in [3.8, 4) is 17.3 Å². The Hall–Kier alpha value is -3.93. The highest BCUT2D eigenvalue weighted by Crippen LogP contribution is 2.41. The minimum Gasteiger partial charge on any atom is -0.494 e. The Morgan fingerprint density at radius 1 is 1.13 bits per heavy atom. The molecule has 12 heteroatoms. The summed E-state index contributed by atoms with van der Waals surface area (Å²) >= 11 is 0. The van der Waals surface area contributed by atoms with E-state index in [0.29, 0.717) is 35.6 Å². The van der Waals surface area contributed by atoms with Gasteiger partial charge in [0.1, 0.15) is 22.6 Å². The Bertz CT molecular complexity index is 1510. The maximum Gasteiger partial charge on any atom is 0.413 e. The molecule has 1 aliphatic heterocycles. The first-order valence-electron chi connectivity index (χ1n) is 12.5. The van der Waals surface area contributed by atoms with Gasteiger partial charge in [0.05, 0.1) is 7.11 Å². The molecule has 0 aliphatic carbocycles. The molecule has 0 saturated carbocycles. The second kappa shape index (κ2) is 9.99. The number of hydrogen-bond donors (Lipinski definition) is 1. The zero-order chi connectivity index (χ0) is 27.9. The number of amides is 1. The average Bonchev–Trinajstić information content (AvgIpc) is 3.54. The molecule has 0 bridgehead atoms. The molecule has 2 atom stereocenters. The number of aromatic nitrogens is 4. The molecule has 1 saturated heterocycles. The van der Waals surface area contributed by atoms with Gasteiger partial charge in [-0.15, -0.1) is 10.2 Å². The summed E-state index contributed by atoms with van der Waals surface area (Å²) in [5.74, 6) is 0.811. The molecule has 206 valence electrons. The van der Waals surface area contributed by atoms with E-state index in [1.807, 2.05) is 18.2 Å². The third kappa shape index (κ3) is 5.33. The standard InChI is InChI=1S/C27H29F3N6O3/c1-26(2,3)39-25(37)36(18-12-13-31-14-18)23(27(28,29)30)17-9-11-21-33-34-24(35(21)15-17)19-10-8-16-6-5-7-20(38-4)22(16)32-19/h5-11,15,18,23,31H,12-14H2,1-4H3/t18-,23?/m0/s1. The second-order valence-corrected chi connectivity index (χ2v) is 10.4. The number of carbonyl (C=O) groups is 1. The van der Waals surface area contributed by atoms with E-state index in [1.54, 1.807) is 32.9 Å². The molecule has 4 aromatic rings. The molecule has 39 heavy (non-hydrogen) atoms. The highest BCUT2D eigenvalue weighted by atomic mass is 19.4. The Kier molecular flexibility index (Phi) is 6.83. The number of nitrogens with zero attached hydrogens (tertiary/aromatic N) is 5. The summed E-state index contributed by atoms with van der Waals surface area (Å²) in [7, 11) is 1.54. The number of rotatable bonds is 5. The van der Waals surface area contributed by atoms with Crippen LogP contribution in [0.1, 0.15) is 38.8 Å². The Morgan fingerprint density at radius 3 is 2.59 bits per heavy atom. The Balaban J connectivity index is 1.63. The number of pyridine rings is 2. The van der Waals surface area contributed by atoms with Crippen LogP contribution in [0.5, 0.6) is 5.75 Å². The van der Waals surface area contributed by atoms with Crippen molar-refractivity contribution in [2.24, 2.45) is 0 Å². The predicted molar refractivity (Wildman–Crippen MR) is 138 cm³/mol. The third-order valence-corrected chi connectivity index (χ3v) is 6.49. The van der Waals surface area contributed by atoms with Crippen LogP contribution in [-0.4, -0.2) is 68.6 Å². The summed E-state index contributed by atoms with van der Waals surface area (Å²) in [6.45, 7) is 5.61. The number of hydrogen-bond acceptors (Lipinski definition) is 7. The minimum absolute atomic E-state index is 0.146. The first-order chi connectivity index (χ1) is 18.5. The first-order valence-corrected chi connectivity index (χ1v) is 12.5. The molecule has 1 amide bonds. The fourth-order valence-corrected chi connectivity index (χ4v) is 4.82. The quantitative estimate of drug-likeness (QED) is 0.373. The van der Waals surface area contributed by atoms with Crippen molar-refractivity contribution in [3.63, 3.8) is 0 Å². The van der Waals surface area contributed by atoms with E-state index in [9.17, 15) is 18.0 Å². The number of halogens is 3. The SMILES string of the molecule is COc1cccc2ccc(-c3nnc4ccc(C(N(C(=O)OC(C)(C)C)[C@H]5CCNC5)C(F)(F)F)cn34)nc12. The number of fused-ring (bicyclic) bond motifs is 2. The zero-order valence-electron chi connectivity index (χ0n) is 22.0. The summed E-state index contributed by atoms with van der Waals surface area (Å²) in [6, 6.07) is 8.88. The molecular formula is C27H29F3N6O3. The van der Waals surface area contributed by atoms with Crippen LogP contribution in [0.15, 0.2) is 48.7 Å². The maximum absolute atomic E-state index is 14.8. The van der Waals surface area contributed by atoms with Crippen LogP contribution in [-0.2, 0) is 4.74 Å². The van der Waals surface area contributed by atoms with Crippen molar-refractivity contribution in [1.82, 2.24) is 29.8 Å². The molecule has 9 nitrogen and oxygen atoms in total. The van der Waals surface area contributed by atoms with Gasteiger partial charge in [0, 0.05) is 29.7 Å². The van der Waals surface area contributed by atoms with Crippen LogP contribution in [0.3, 0.4) is 0 Å². The molecule has 4 heterocycles. The number of methoxy groups -OCH3 is 1. The van der Waals surface area contributed by atoms with Crippen LogP contribution >= 0.6 is 0 Å². The van der Waals surface area contributed by atoms with Gasteiger partial charge in [0.15, 0.2) is 17.5 Å². The first kappa shape index (κ1) is 26.7. The molecule has 1 N–H and O–H groups in total. The number of alkyl halides is 3. The largest absolute Gasteiger partial charge is 0.494 e. The zero-order valence-corrected chi connectivity index (χ0v) is 22.0. The fraction of sp³-hybridized carbons (Fsp3) is 0.407. The number of nitrogens with one attached hydrogen (secondary N) is 1. The van der Waals surface area contributed by atoms with Crippen molar-refractivity contribution in [2.75, 3.05) is 20.2 Å². The van der Waals surface area contributed by atoms with Gasteiger partial charge in [-0.1, -0.05) is 24.3 Å². The summed E-state index contributed by atoms with van der Waals surface area (Å²) < 4.78 is 56.6. The highest BCUT2D eigenvalue weighted by Gasteiger charge is 2.50. The molecule has 0 radical (unpaired) electrons. The molecule has 5 rings (SSSR count). The van der Waals surface area contributed by atoms with Gasteiger partial charge in [-0.2, -0.15) is 13.2 Å². The summed E-state index contributed by atoms with van der Waals surface area (Å²) in [4.78, 5) is 18.7. The highest BCUT2D eigenvalue weighted by molar-refractivity contribution is 5.86. The Labute approximate surface area is 222 Å². The van der Waals surface area contributed by atoms with Crippen molar-refractivity contribution in [3.05, 3.63) is 54.2 Å². The lowest BCUT2D eigenvalue weighted by atomic mass is 10.0. The van der Waals surface area contributed by atoms with Gasteiger partial charge in [-0.25, -0.2) is 9.78 Å². The average molecular weight is 543 g/mol. The molecular weight excluding hydrogens is 513 g/mol. The normalized spacial score (nSPS) is 16.9. The molecule has 3 aromatic heterocycles. The van der Waals surface area contributed by atoms with Gasteiger partial charge in [-0.3, -0.25) is 9.30 Å². The van der Waals surface area contributed by atoms with Crippen LogP contribution < -0.4 is 10.1 Å².